The van der Waals surface area contributed by atoms with Gasteiger partial charge in [0.05, 0.1) is 0 Å². The van der Waals surface area contributed by atoms with Gasteiger partial charge in [-0.15, -0.1) is 0 Å². The van der Waals surface area contributed by atoms with E-state index in [1.165, 1.54) is 31.2 Å². The van der Waals surface area contributed by atoms with Crippen molar-refractivity contribution in [3.05, 3.63) is 60.2 Å². The van der Waals surface area contributed by atoms with Crippen LogP contribution in [0, 0.1) is 11.8 Å². The summed E-state index contributed by atoms with van der Waals surface area (Å²) in [6.07, 6.45) is 5.52. The zero-order valence-corrected chi connectivity index (χ0v) is 14.0. The number of benzene rings is 2. The third-order valence-electron chi connectivity index (χ3n) is 4.83. The van der Waals surface area contributed by atoms with E-state index in [0.717, 1.165) is 36.4 Å². The van der Waals surface area contributed by atoms with E-state index >= 15 is 0 Å². The van der Waals surface area contributed by atoms with Crippen LogP contribution in [-0.4, -0.2) is 6.54 Å². The van der Waals surface area contributed by atoms with Gasteiger partial charge < -0.3 is 10.1 Å². The van der Waals surface area contributed by atoms with Crippen molar-refractivity contribution in [1.29, 1.82) is 0 Å². The molecule has 3 rings (SSSR count). The molecule has 1 aliphatic rings. The normalized spacial score (nSPS) is 21.1. The van der Waals surface area contributed by atoms with Gasteiger partial charge in [-0.2, -0.15) is 0 Å². The summed E-state index contributed by atoms with van der Waals surface area (Å²) in [6.45, 7) is 4.36. The first kappa shape index (κ1) is 16.1. The largest absolute Gasteiger partial charge is 0.457 e. The van der Waals surface area contributed by atoms with Crippen LogP contribution in [0.15, 0.2) is 54.6 Å². The first-order chi connectivity index (χ1) is 11.3. The maximum Gasteiger partial charge on any atom is 0.131 e. The van der Waals surface area contributed by atoms with Crippen molar-refractivity contribution in [2.75, 3.05) is 6.54 Å². The van der Waals surface area contributed by atoms with E-state index < -0.39 is 0 Å². The van der Waals surface area contributed by atoms with Crippen LogP contribution in [-0.2, 0) is 6.54 Å². The zero-order valence-electron chi connectivity index (χ0n) is 14.0. The molecule has 0 heterocycles. The summed E-state index contributed by atoms with van der Waals surface area (Å²) in [5, 5.41) is 3.63. The van der Waals surface area contributed by atoms with Gasteiger partial charge in [-0.3, -0.25) is 0 Å². The number of nitrogens with one attached hydrogen (secondary N) is 1. The number of para-hydroxylation sites is 2. The van der Waals surface area contributed by atoms with Gasteiger partial charge in [-0.1, -0.05) is 56.2 Å². The predicted molar refractivity (Wildman–Crippen MR) is 95.8 cm³/mol. The van der Waals surface area contributed by atoms with Crippen molar-refractivity contribution in [3.63, 3.8) is 0 Å². The molecular weight excluding hydrogens is 282 g/mol. The molecule has 23 heavy (non-hydrogen) atoms. The third kappa shape index (κ3) is 4.84. The van der Waals surface area contributed by atoms with Crippen LogP contribution >= 0.6 is 0 Å². The van der Waals surface area contributed by atoms with Crippen LogP contribution in [0.2, 0.25) is 0 Å². The average Bonchev–Trinajstić information content (AvgIpc) is 2.59. The van der Waals surface area contributed by atoms with E-state index in [4.69, 9.17) is 4.74 Å². The lowest BCUT2D eigenvalue weighted by molar-refractivity contribution is 0.281. The highest BCUT2D eigenvalue weighted by atomic mass is 16.5. The Balaban J connectivity index is 1.53. The van der Waals surface area contributed by atoms with Crippen molar-refractivity contribution >= 4 is 0 Å². The van der Waals surface area contributed by atoms with Crippen LogP contribution < -0.4 is 10.1 Å². The topological polar surface area (TPSA) is 21.3 Å². The van der Waals surface area contributed by atoms with Crippen molar-refractivity contribution in [1.82, 2.24) is 5.32 Å². The van der Waals surface area contributed by atoms with E-state index in [-0.39, 0.29) is 0 Å². The fourth-order valence-corrected chi connectivity index (χ4v) is 3.31. The Kier molecular flexibility index (Phi) is 5.71. The van der Waals surface area contributed by atoms with Gasteiger partial charge >= 0.3 is 0 Å². The highest BCUT2D eigenvalue weighted by Crippen LogP contribution is 2.28. The second-order valence-electron chi connectivity index (χ2n) is 6.78. The first-order valence-electron chi connectivity index (χ1n) is 8.83. The molecule has 0 bridgehead atoms. The molecule has 0 spiro atoms. The summed E-state index contributed by atoms with van der Waals surface area (Å²) in [5.74, 6) is 3.60. The second-order valence-corrected chi connectivity index (χ2v) is 6.78. The molecule has 2 aromatic rings. The summed E-state index contributed by atoms with van der Waals surface area (Å²) in [7, 11) is 0. The molecule has 0 atom stereocenters. The van der Waals surface area contributed by atoms with Gasteiger partial charge in [0, 0.05) is 12.1 Å². The third-order valence-corrected chi connectivity index (χ3v) is 4.83. The lowest BCUT2D eigenvalue weighted by atomic mass is 9.83. The number of ether oxygens (including phenoxy) is 1. The standard InChI is InChI=1S/C21H27NO/c1-17-11-13-18(14-12-17)15-22-16-19-7-5-6-10-21(19)23-20-8-3-2-4-9-20/h2-10,17-18,22H,11-16H2,1H3. The smallest absolute Gasteiger partial charge is 0.131 e. The van der Waals surface area contributed by atoms with E-state index in [0.29, 0.717) is 0 Å². The van der Waals surface area contributed by atoms with Crippen molar-refractivity contribution in [3.8, 4) is 11.5 Å². The Hall–Kier alpha value is -1.80. The second kappa shape index (κ2) is 8.16. The lowest BCUT2D eigenvalue weighted by Crippen LogP contribution is -2.25. The summed E-state index contributed by atoms with van der Waals surface area (Å²) in [6, 6.07) is 18.3. The molecule has 122 valence electrons. The summed E-state index contributed by atoms with van der Waals surface area (Å²) in [4.78, 5) is 0. The van der Waals surface area contributed by atoms with E-state index in [1.54, 1.807) is 0 Å². The Bertz CT molecular complexity index is 588. The van der Waals surface area contributed by atoms with E-state index in [1.807, 2.05) is 42.5 Å². The highest BCUT2D eigenvalue weighted by Gasteiger charge is 2.17. The molecule has 0 aromatic heterocycles. The minimum atomic E-state index is 0.841. The monoisotopic (exact) mass is 309 g/mol. The van der Waals surface area contributed by atoms with Crippen LogP contribution in [0.1, 0.15) is 38.2 Å². The molecule has 1 fully saturated rings. The molecule has 0 radical (unpaired) electrons. The molecule has 0 unspecified atom stereocenters. The van der Waals surface area contributed by atoms with Crippen LogP contribution in [0.25, 0.3) is 0 Å². The maximum atomic E-state index is 6.03. The molecule has 2 nitrogen and oxygen atoms in total. The van der Waals surface area contributed by atoms with Crippen LogP contribution in [0.5, 0.6) is 11.5 Å². The Morgan fingerprint density at radius 2 is 1.61 bits per heavy atom. The predicted octanol–water partition coefficient (Wildman–Crippen LogP) is 5.39. The Morgan fingerprint density at radius 3 is 2.39 bits per heavy atom. The lowest BCUT2D eigenvalue weighted by Gasteiger charge is -2.26. The molecule has 2 aromatic carbocycles. The fourth-order valence-electron chi connectivity index (χ4n) is 3.31. The van der Waals surface area contributed by atoms with E-state index in [2.05, 4.69) is 24.4 Å². The van der Waals surface area contributed by atoms with Gasteiger partial charge in [0.2, 0.25) is 0 Å². The SMILES string of the molecule is CC1CCC(CNCc2ccccc2Oc2ccccc2)CC1. The Morgan fingerprint density at radius 1 is 0.913 bits per heavy atom. The number of hydrogen-bond donors (Lipinski definition) is 1. The molecule has 0 aliphatic heterocycles. The fraction of sp³-hybridized carbons (Fsp3) is 0.429. The van der Waals surface area contributed by atoms with Crippen molar-refractivity contribution in [2.45, 2.75) is 39.2 Å². The zero-order chi connectivity index (χ0) is 15.9. The van der Waals surface area contributed by atoms with Gasteiger partial charge in [0.15, 0.2) is 0 Å². The molecule has 1 saturated carbocycles. The molecule has 1 N–H and O–H groups in total. The van der Waals surface area contributed by atoms with Crippen LogP contribution in [0.3, 0.4) is 0 Å². The van der Waals surface area contributed by atoms with Gasteiger partial charge in [0.1, 0.15) is 11.5 Å². The number of rotatable bonds is 6. The molecule has 0 amide bonds. The summed E-state index contributed by atoms with van der Waals surface area (Å²) < 4.78 is 6.03. The molecular formula is C21H27NO. The van der Waals surface area contributed by atoms with E-state index in [9.17, 15) is 0 Å². The van der Waals surface area contributed by atoms with Crippen molar-refractivity contribution in [2.24, 2.45) is 11.8 Å². The minimum Gasteiger partial charge on any atom is -0.457 e. The minimum absolute atomic E-state index is 0.841. The molecule has 1 aliphatic carbocycles. The quantitative estimate of drug-likeness (QED) is 0.772. The summed E-state index contributed by atoms with van der Waals surface area (Å²) in [5.41, 5.74) is 1.22. The highest BCUT2D eigenvalue weighted by molar-refractivity contribution is 5.37. The van der Waals surface area contributed by atoms with Gasteiger partial charge in [-0.05, 0) is 49.4 Å². The van der Waals surface area contributed by atoms with Crippen molar-refractivity contribution < 1.29 is 4.74 Å². The van der Waals surface area contributed by atoms with Gasteiger partial charge in [-0.25, -0.2) is 0 Å². The summed E-state index contributed by atoms with van der Waals surface area (Å²) >= 11 is 0. The first-order valence-corrected chi connectivity index (χ1v) is 8.83. The molecule has 0 saturated heterocycles. The van der Waals surface area contributed by atoms with Crippen LogP contribution in [0.4, 0.5) is 0 Å². The number of hydrogen-bond acceptors (Lipinski definition) is 2. The maximum absolute atomic E-state index is 6.03. The van der Waals surface area contributed by atoms with Gasteiger partial charge in [0.25, 0.3) is 0 Å². The average molecular weight is 309 g/mol. The Labute approximate surface area is 139 Å². The molecule has 2 heteroatoms.